The van der Waals surface area contributed by atoms with Crippen molar-refractivity contribution >= 4 is 17.0 Å². The van der Waals surface area contributed by atoms with Crippen LogP contribution in [0.25, 0.3) is 11.2 Å². The van der Waals surface area contributed by atoms with Crippen LogP contribution in [0.1, 0.15) is 52.4 Å². The third-order valence-corrected chi connectivity index (χ3v) is 5.18. The maximum atomic E-state index is 6.09. The van der Waals surface area contributed by atoms with E-state index in [0.29, 0.717) is 29.0 Å². The van der Waals surface area contributed by atoms with Gasteiger partial charge in [-0.3, -0.25) is 4.57 Å². The second-order valence-corrected chi connectivity index (χ2v) is 7.26. The van der Waals surface area contributed by atoms with Crippen molar-refractivity contribution in [3.05, 3.63) is 0 Å². The van der Waals surface area contributed by atoms with Gasteiger partial charge >= 0.3 is 6.01 Å². The molecule has 0 amide bonds. The van der Waals surface area contributed by atoms with Crippen LogP contribution >= 0.6 is 0 Å². The Morgan fingerprint density at radius 2 is 1.81 bits per heavy atom. The molecule has 0 spiro atoms. The highest BCUT2D eigenvalue weighted by Gasteiger charge is 2.18. The summed E-state index contributed by atoms with van der Waals surface area (Å²) >= 11 is 0. The minimum Gasteiger partial charge on any atom is -0.468 e. The maximum Gasteiger partial charge on any atom is 0.320 e. The number of aryl methyl sites for hydroxylation is 1. The fourth-order valence-electron chi connectivity index (χ4n) is 3.44. The minimum atomic E-state index is 0.0321. The molecule has 2 aromatic rings. The van der Waals surface area contributed by atoms with Crippen LogP contribution < -0.4 is 15.2 Å². The molecular formula is C19H32N6O2. The SMILES string of the molecule is CC[C@H](C)Oc1nc(N)c2nc(OC)n(CCCCN3CCCCC3)c2n1. The number of imidazole rings is 1. The van der Waals surface area contributed by atoms with Gasteiger partial charge in [-0.1, -0.05) is 13.3 Å². The van der Waals surface area contributed by atoms with Gasteiger partial charge < -0.3 is 20.1 Å². The lowest BCUT2D eigenvalue weighted by Gasteiger charge is -2.26. The van der Waals surface area contributed by atoms with Crippen molar-refractivity contribution in [2.45, 2.75) is 65.0 Å². The standard InChI is InChI=1S/C19H32N6O2/c1-4-14(2)27-18-22-16(20)15-17(23-18)25(19(21-15)26-3)13-9-8-12-24-10-6-5-7-11-24/h14H,4-13H2,1-3H3,(H2,20,22,23)/t14-/m0/s1. The van der Waals surface area contributed by atoms with Crippen molar-refractivity contribution in [1.82, 2.24) is 24.4 Å². The number of nitrogen functional groups attached to an aromatic ring is 1. The Hall–Kier alpha value is -2.09. The molecule has 2 aromatic heterocycles. The van der Waals surface area contributed by atoms with E-state index < -0.39 is 0 Å². The van der Waals surface area contributed by atoms with Crippen molar-refractivity contribution in [3.8, 4) is 12.0 Å². The van der Waals surface area contributed by atoms with Crippen LogP contribution in [-0.2, 0) is 6.54 Å². The summed E-state index contributed by atoms with van der Waals surface area (Å²) in [6, 6.07) is 0.816. The Bertz CT molecular complexity index is 741. The zero-order chi connectivity index (χ0) is 19.2. The molecule has 0 radical (unpaired) electrons. The summed E-state index contributed by atoms with van der Waals surface area (Å²) < 4.78 is 13.2. The highest BCUT2D eigenvalue weighted by molar-refractivity contribution is 5.83. The van der Waals surface area contributed by atoms with Gasteiger partial charge in [-0.2, -0.15) is 15.0 Å². The number of methoxy groups -OCH3 is 1. The van der Waals surface area contributed by atoms with E-state index in [-0.39, 0.29) is 6.10 Å². The summed E-state index contributed by atoms with van der Waals surface area (Å²) in [7, 11) is 1.62. The number of anilines is 1. The number of fused-ring (bicyclic) bond motifs is 1. The molecule has 8 heteroatoms. The molecule has 27 heavy (non-hydrogen) atoms. The van der Waals surface area contributed by atoms with Crippen LogP contribution in [0.3, 0.4) is 0 Å². The molecule has 150 valence electrons. The maximum absolute atomic E-state index is 6.09. The number of piperidine rings is 1. The van der Waals surface area contributed by atoms with Gasteiger partial charge in [-0.05, 0) is 58.7 Å². The molecule has 0 aromatic carbocycles. The van der Waals surface area contributed by atoms with Crippen LogP contribution in [0.15, 0.2) is 0 Å². The van der Waals surface area contributed by atoms with Crippen LogP contribution in [0.2, 0.25) is 0 Å². The van der Waals surface area contributed by atoms with Gasteiger partial charge in [0.25, 0.3) is 6.01 Å². The van der Waals surface area contributed by atoms with Gasteiger partial charge in [0.1, 0.15) is 0 Å². The number of unbranched alkanes of at least 4 members (excludes halogenated alkanes) is 1. The first-order valence-corrected chi connectivity index (χ1v) is 10.1. The first-order valence-electron chi connectivity index (χ1n) is 10.1. The molecule has 0 bridgehead atoms. The van der Waals surface area contributed by atoms with Crippen LogP contribution in [0.5, 0.6) is 12.0 Å². The zero-order valence-electron chi connectivity index (χ0n) is 16.8. The lowest BCUT2D eigenvalue weighted by atomic mass is 10.1. The quantitative estimate of drug-likeness (QED) is 0.673. The number of nitrogens with zero attached hydrogens (tertiary/aromatic N) is 5. The molecule has 1 aliphatic heterocycles. The van der Waals surface area contributed by atoms with E-state index >= 15 is 0 Å². The highest BCUT2D eigenvalue weighted by atomic mass is 16.5. The molecule has 3 rings (SSSR count). The lowest BCUT2D eigenvalue weighted by molar-refractivity contribution is 0.200. The second-order valence-electron chi connectivity index (χ2n) is 7.26. The van der Waals surface area contributed by atoms with Gasteiger partial charge in [0, 0.05) is 6.54 Å². The van der Waals surface area contributed by atoms with Crippen molar-refractivity contribution in [2.75, 3.05) is 32.5 Å². The largest absolute Gasteiger partial charge is 0.468 e. The fourth-order valence-corrected chi connectivity index (χ4v) is 3.44. The van der Waals surface area contributed by atoms with Gasteiger partial charge in [-0.25, -0.2) is 0 Å². The molecule has 1 atom stereocenters. The van der Waals surface area contributed by atoms with E-state index in [9.17, 15) is 0 Å². The first kappa shape index (κ1) is 19.7. The van der Waals surface area contributed by atoms with Crippen LogP contribution in [-0.4, -0.2) is 57.3 Å². The third kappa shape index (κ3) is 4.80. The van der Waals surface area contributed by atoms with Crippen LogP contribution in [0.4, 0.5) is 5.82 Å². The van der Waals surface area contributed by atoms with Crippen molar-refractivity contribution < 1.29 is 9.47 Å². The van der Waals surface area contributed by atoms with Crippen LogP contribution in [0, 0.1) is 0 Å². The van der Waals surface area contributed by atoms with E-state index in [1.54, 1.807) is 7.11 Å². The molecule has 1 saturated heterocycles. The molecule has 0 aliphatic carbocycles. The average molecular weight is 377 g/mol. The molecule has 3 heterocycles. The monoisotopic (exact) mass is 376 g/mol. The van der Waals surface area contributed by atoms with E-state index in [0.717, 1.165) is 32.4 Å². The number of likely N-dealkylation sites (tertiary alicyclic amines) is 1. The Labute approximate surface area is 161 Å². The predicted octanol–water partition coefficient (Wildman–Crippen LogP) is 2.86. The summed E-state index contributed by atoms with van der Waals surface area (Å²) in [6.45, 7) is 8.44. The summed E-state index contributed by atoms with van der Waals surface area (Å²) in [5, 5.41) is 0. The molecule has 8 nitrogen and oxygen atoms in total. The number of hydrogen-bond acceptors (Lipinski definition) is 7. The normalized spacial score (nSPS) is 16.6. The van der Waals surface area contributed by atoms with Crippen molar-refractivity contribution in [1.29, 1.82) is 0 Å². The third-order valence-electron chi connectivity index (χ3n) is 5.18. The summed E-state index contributed by atoms with van der Waals surface area (Å²) in [6.07, 6.45) is 7.11. The van der Waals surface area contributed by atoms with E-state index in [2.05, 4.69) is 26.8 Å². The van der Waals surface area contributed by atoms with Gasteiger partial charge in [0.15, 0.2) is 17.0 Å². The summed E-state index contributed by atoms with van der Waals surface area (Å²) in [5.74, 6) is 0.323. The molecule has 1 fully saturated rings. The topological polar surface area (TPSA) is 91.3 Å². The Morgan fingerprint density at radius 1 is 1.07 bits per heavy atom. The van der Waals surface area contributed by atoms with Gasteiger partial charge in [0.2, 0.25) is 0 Å². The number of rotatable bonds is 9. The predicted molar refractivity (Wildman–Crippen MR) is 106 cm³/mol. The number of hydrogen-bond donors (Lipinski definition) is 1. The van der Waals surface area contributed by atoms with Gasteiger partial charge in [-0.15, -0.1) is 0 Å². The second kappa shape index (κ2) is 9.21. The Morgan fingerprint density at radius 3 is 2.52 bits per heavy atom. The van der Waals surface area contributed by atoms with E-state index in [4.69, 9.17) is 15.2 Å². The van der Waals surface area contributed by atoms with Crippen molar-refractivity contribution in [3.63, 3.8) is 0 Å². The molecule has 0 unspecified atom stereocenters. The zero-order valence-corrected chi connectivity index (χ0v) is 16.8. The van der Waals surface area contributed by atoms with E-state index in [1.165, 1.54) is 32.4 Å². The molecule has 0 saturated carbocycles. The molecular weight excluding hydrogens is 344 g/mol. The molecule has 2 N–H and O–H groups in total. The summed E-state index contributed by atoms with van der Waals surface area (Å²) in [4.78, 5) is 15.8. The molecule has 1 aliphatic rings. The highest BCUT2D eigenvalue weighted by Crippen LogP contribution is 2.26. The lowest BCUT2D eigenvalue weighted by Crippen LogP contribution is -2.30. The van der Waals surface area contributed by atoms with Gasteiger partial charge in [0.05, 0.1) is 13.2 Å². The number of ether oxygens (including phenoxy) is 2. The fraction of sp³-hybridized carbons (Fsp3) is 0.737. The Balaban J connectivity index is 1.71. The Kier molecular flexibility index (Phi) is 6.71. The minimum absolute atomic E-state index is 0.0321. The first-order chi connectivity index (χ1) is 13.1. The average Bonchev–Trinajstić information content (AvgIpc) is 3.04. The number of aromatic nitrogens is 4. The van der Waals surface area contributed by atoms with E-state index in [1.807, 2.05) is 11.5 Å². The number of nitrogens with two attached hydrogens (primary N) is 1. The smallest absolute Gasteiger partial charge is 0.320 e. The summed E-state index contributed by atoms with van der Waals surface area (Å²) in [5.41, 5.74) is 7.34. The van der Waals surface area contributed by atoms with Crippen molar-refractivity contribution in [2.24, 2.45) is 0 Å².